The second-order valence-electron chi connectivity index (χ2n) is 7.67. The van der Waals surface area contributed by atoms with Crippen molar-refractivity contribution in [3.05, 3.63) is 35.4 Å². The summed E-state index contributed by atoms with van der Waals surface area (Å²) in [6, 6.07) is 3.73. The van der Waals surface area contributed by atoms with Crippen LogP contribution in [0.25, 0.3) is 0 Å². The Morgan fingerprint density at radius 2 is 1.88 bits per heavy atom. The number of carbonyl (C=O) groups is 1. The van der Waals surface area contributed by atoms with Crippen LogP contribution in [0.2, 0.25) is 0 Å². The van der Waals surface area contributed by atoms with Crippen LogP contribution in [0.3, 0.4) is 0 Å². The maximum atomic E-state index is 14.3. The van der Waals surface area contributed by atoms with Gasteiger partial charge in [-0.3, -0.25) is 4.79 Å². The zero-order chi connectivity index (χ0) is 19.4. The number of rotatable bonds is 7. The van der Waals surface area contributed by atoms with E-state index in [0.717, 1.165) is 6.07 Å². The van der Waals surface area contributed by atoms with Crippen LogP contribution in [0.15, 0.2) is 18.2 Å². The lowest BCUT2D eigenvalue weighted by atomic mass is 9.89. The summed E-state index contributed by atoms with van der Waals surface area (Å²) in [6.07, 6.45) is -0.276. The first-order valence-electron chi connectivity index (χ1n) is 8.16. The van der Waals surface area contributed by atoms with Gasteiger partial charge in [-0.25, -0.2) is 8.78 Å². The van der Waals surface area contributed by atoms with Crippen LogP contribution >= 0.6 is 0 Å². The Hall–Kier alpha value is -1.18. The van der Waals surface area contributed by atoms with E-state index in [1.54, 1.807) is 20.8 Å². The molecule has 1 unspecified atom stereocenters. The first kappa shape index (κ1) is 21.9. The SMILES string of the molecule is CC(C)COC(=O)C[C@](C)(N[S+]([O-])C(C)(C)C)c1cccc(F)c1F. The number of carbonyl (C=O) groups excluding carboxylic acids is 1. The Kier molecular flexibility index (Phi) is 7.40. The van der Waals surface area contributed by atoms with Gasteiger partial charge < -0.3 is 9.29 Å². The quantitative estimate of drug-likeness (QED) is 0.581. The molecule has 0 amide bonds. The molecule has 25 heavy (non-hydrogen) atoms. The van der Waals surface area contributed by atoms with Crippen LogP contribution in [-0.2, 0) is 26.4 Å². The highest BCUT2D eigenvalue weighted by Gasteiger charge is 2.41. The van der Waals surface area contributed by atoms with Gasteiger partial charge in [-0.1, -0.05) is 26.0 Å². The van der Waals surface area contributed by atoms with Gasteiger partial charge in [0.1, 0.15) is 4.75 Å². The predicted octanol–water partition coefficient (Wildman–Crippen LogP) is 3.82. The average molecular weight is 375 g/mol. The summed E-state index contributed by atoms with van der Waals surface area (Å²) in [5, 5.41) is 0. The Balaban J connectivity index is 3.17. The van der Waals surface area contributed by atoms with Gasteiger partial charge >= 0.3 is 5.97 Å². The molecule has 1 rings (SSSR count). The average Bonchev–Trinajstić information content (AvgIpc) is 2.46. The van der Waals surface area contributed by atoms with E-state index in [2.05, 4.69) is 4.72 Å². The van der Waals surface area contributed by atoms with Crippen molar-refractivity contribution in [2.24, 2.45) is 5.92 Å². The fraction of sp³-hybridized carbons (Fsp3) is 0.611. The van der Waals surface area contributed by atoms with Crippen molar-refractivity contribution in [1.29, 1.82) is 0 Å². The van der Waals surface area contributed by atoms with Crippen molar-refractivity contribution in [1.82, 2.24) is 4.72 Å². The Labute approximate surface area is 151 Å². The summed E-state index contributed by atoms with van der Waals surface area (Å²) < 4.78 is 47.9. The molecule has 1 N–H and O–H groups in total. The summed E-state index contributed by atoms with van der Waals surface area (Å²) in [5.74, 6) is -2.52. The molecule has 142 valence electrons. The minimum Gasteiger partial charge on any atom is -0.598 e. The second kappa shape index (κ2) is 8.47. The molecule has 0 fully saturated rings. The smallest absolute Gasteiger partial charge is 0.308 e. The normalized spacial score (nSPS) is 15.8. The zero-order valence-electron chi connectivity index (χ0n) is 15.6. The van der Waals surface area contributed by atoms with Gasteiger partial charge in [-0.05, 0) is 39.7 Å². The van der Waals surface area contributed by atoms with Gasteiger partial charge in [0, 0.05) is 16.9 Å². The van der Waals surface area contributed by atoms with Crippen LogP contribution in [0.1, 0.15) is 53.5 Å². The summed E-state index contributed by atoms with van der Waals surface area (Å²) in [5.41, 5.74) is -1.44. The molecule has 0 saturated carbocycles. The lowest BCUT2D eigenvalue weighted by Gasteiger charge is -2.34. The Bertz CT molecular complexity index is 604. The predicted molar refractivity (Wildman–Crippen MR) is 95.2 cm³/mol. The van der Waals surface area contributed by atoms with Gasteiger partial charge in [0.05, 0.1) is 18.6 Å². The highest BCUT2D eigenvalue weighted by Crippen LogP contribution is 2.31. The molecule has 2 atom stereocenters. The number of halogens is 2. The molecule has 0 aromatic heterocycles. The molecule has 7 heteroatoms. The summed E-state index contributed by atoms with van der Waals surface area (Å²) >= 11 is -1.60. The third-order valence-corrected chi connectivity index (χ3v) is 5.24. The summed E-state index contributed by atoms with van der Waals surface area (Å²) in [6.45, 7) is 10.8. The van der Waals surface area contributed by atoms with Crippen LogP contribution in [0.5, 0.6) is 0 Å². The summed E-state index contributed by atoms with van der Waals surface area (Å²) in [4.78, 5) is 12.2. The minimum atomic E-state index is -1.60. The van der Waals surface area contributed by atoms with Crippen LogP contribution in [-0.4, -0.2) is 21.9 Å². The van der Waals surface area contributed by atoms with Crippen molar-refractivity contribution < 1.29 is 22.9 Å². The van der Waals surface area contributed by atoms with E-state index >= 15 is 0 Å². The van der Waals surface area contributed by atoms with E-state index < -0.39 is 39.3 Å². The molecule has 1 aromatic carbocycles. The number of hydrogen-bond donors (Lipinski definition) is 1. The minimum absolute atomic E-state index is 0.0633. The largest absolute Gasteiger partial charge is 0.598 e. The monoisotopic (exact) mass is 375 g/mol. The maximum absolute atomic E-state index is 14.3. The Morgan fingerprint density at radius 1 is 1.28 bits per heavy atom. The van der Waals surface area contributed by atoms with Crippen molar-refractivity contribution in [3.63, 3.8) is 0 Å². The van der Waals surface area contributed by atoms with Crippen LogP contribution in [0.4, 0.5) is 8.78 Å². The van der Waals surface area contributed by atoms with Crippen molar-refractivity contribution >= 4 is 17.3 Å². The van der Waals surface area contributed by atoms with Gasteiger partial charge in [0.2, 0.25) is 0 Å². The fourth-order valence-electron chi connectivity index (χ4n) is 2.07. The molecular formula is C18H27F2NO3S. The molecule has 0 bridgehead atoms. The standard InChI is InChI=1S/C18H27F2NO3S/c1-12(2)11-24-15(22)10-18(6,21-25(23)17(3,4)5)13-8-7-9-14(19)16(13)20/h7-9,12,21H,10-11H2,1-6H3/t18-,25?/m0/s1. The van der Waals surface area contributed by atoms with Gasteiger partial charge in [-0.15, -0.1) is 4.72 Å². The molecule has 0 aliphatic rings. The molecular weight excluding hydrogens is 348 g/mol. The molecule has 0 saturated heterocycles. The van der Waals surface area contributed by atoms with Crippen LogP contribution < -0.4 is 4.72 Å². The van der Waals surface area contributed by atoms with Crippen molar-refractivity contribution in [2.75, 3.05) is 6.61 Å². The number of esters is 1. The van der Waals surface area contributed by atoms with Crippen molar-refractivity contribution in [3.8, 4) is 0 Å². The third kappa shape index (κ3) is 6.24. The molecule has 4 nitrogen and oxygen atoms in total. The zero-order valence-corrected chi connectivity index (χ0v) is 16.4. The maximum Gasteiger partial charge on any atom is 0.308 e. The van der Waals surface area contributed by atoms with E-state index in [4.69, 9.17) is 4.74 Å². The van der Waals surface area contributed by atoms with Gasteiger partial charge in [-0.2, -0.15) is 0 Å². The third-order valence-electron chi connectivity index (χ3n) is 3.50. The lowest BCUT2D eigenvalue weighted by molar-refractivity contribution is -0.146. The molecule has 0 aliphatic heterocycles. The molecule has 0 aliphatic carbocycles. The topological polar surface area (TPSA) is 61.4 Å². The van der Waals surface area contributed by atoms with E-state index in [1.165, 1.54) is 19.1 Å². The lowest BCUT2D eigenvalue weighted by Crippen LogP contribution is -2.51. The summed E-state index contributed by atoms with van der Waals surface area (Å²) in [7, 11) is 0. The molecule has 1 aromatic rings. The molecule has 0 heterocycles. The van der Waals surface area contributed by atoms with E-state index in [-0.39, 0.29) is 24.5 Å². The first-order chi connectivity index (χ1) is 11.4. The fourth-order valence-corrected chi connectivity index (χ4v) is 2.97. The molecule has 0 spiro atoms. The van der Waals surface area contributed by atoms with E-state index in [1.807, 2.05) is 13.8 Å². The van der Waals surface area contributed by atoms with Crippen LogP contribution in [0, 0.1) is 17.6 Å². The number of hydrogen-bond acceptors (Lipinski definition) is 4. The van der Waals surface area contributed by atoms with Gasteiger partial charge in [0.25, 0.3) is 0 Å². The van der Waals surface area contributed by atoms with E-state index in [0.29, 0.717) is 0 Å². The Morgan fingerprint density at radius 3 is 2.40 bits per heavy atom. The number of benzene rings is 1. The highest BCUT2D eigenvalue weighted by molar-refractivity contribution is 7.90. The number of ether oxygens (including phenoxy) is 1. The molecule has 0 radical (unpaired) electrons. The van der Waals surface area contributed by atoms with Crippen molar-refractivity contribution in [2.45, 2.75) is 58.2 Å². The first-order valence-corrected chi connectivity index (χ1v) is 9.31. The highest BCUT2D eigenvalue weighted by atomic mass is 32.2. The van der Waals surface area contributed by atoms with E-state index in [9.17, 15) is 18.1 Å². The number of nitrogens with one attached hydrogen (secondary N) is 1. The second-order valence-corrected chi connectivity index (χ2v) is 9.64. The van der Waals surface area contributed by atoms with Gasteiger partial charge in [0.15, 0.2) is 11.6 Å².